The molecule has 0 aliphatic heterocycles. The molecule has 2 atom stereocenters. The zero-order chi connectivity index (χ0) is 11.7. The van der Waals surface area contributed by atoms with Crippen molar-refractivity contribution in [2.75, 3.05) is 6.54 Å². The Labute approximate surface area is 94.9 Å². The molecule has 0 spiro atoms. The monoisotopic (exact) mass is 221 g/mol. The van der Waals surface area contributed by atoms with Gasteiger partial charge in [-0.2, -0.15) is 0 Å². The normalized spacial score (nSPS) is 22.9. The Bertz CT molecular complexity index is 416. The fraction of sp³-hybridized carbons (Fsp3) is 0.462. The first-order valence-electron chi connectivity index (χ1n) is 5.62. The molecule has 1 N–H and O–H groups in total. The van der Waals surface area contributed by atoms with Crippen LogP contribution in [0.25, 0.3) is 0 Å². The Kier molecular flexibility index (Phi) is 2.95. The largest absolute Gasteiger partial charge is 0.352 e. The standard InChI is InChI=1S/C13H16FNO/c1-8-5-11(8)7-15-13(16)10-3-4-12(14)9(2)6-10/h3-4,6,8,11H,5,7H2,1-2H3,(H,15,16). The second-order valence-corrected chi connectivity index (χ2v) is 4.65. The SMILES string of the molecule is Cc1cc(C(=O)NCC2CC2C)ccc1F. The van der Waals surface area contributed by atoms with E-state index in [9.17, 15) is 9.18 Å². The fourth-order valence-corrected chi connectivity index (χ4v) is 1.80. The van der Waals surface area contributed by atoms with E-state index in [0.29, 0.717) is 17.0 Å². The van der Waals surface area contributed by atoms with Gasteiger partial charge in [0.2, 0.25) is 0 Å². The summed E-state index contributed by atoms with van der Waals surface area (Å²) in [6.45, 7) is 4.57. The number of hydrogen-bond acceptors (Lipinski definition) is 1. The second-order valence-electron chi connectivity index (χ2n) is 4.65. The van der Waals surface area contributed by atoms with Gasteiger partial charge in [-0.05, 0) is 48.9 Å². The van der Waals surface area contributed by atoms with Crippen LogP contribution >= 0.6 is 0 Å². The molecule has 0 heterocycles. The molecular weight excluding hydrogens is 205 g/mol. The molecule has 2 rings (SSSR count). The van der Waals surface area contributed by atoms with E-state index in [-0.39, 0.29) is 11.7 Å². The van der Waals surface area contributed by atoms with Gasteiger partial charge in [0.1, 0.15) is 5.82 Å². The van der Waals surface area contributed by atoms with Crippen LogP contribution < -0.4 is 5.32 Å². The molecule has 0 radical (unpaired) electrons. The van der Waals surface area contributed by atoms with Crippen LogP contribution in [0.3, 0.4) is 0 Å². The molecule has 0 saturated heterocycles. The molecule has 86 valence electrons. The number of nitrogens with one attached hydrogen (secondary N) is 1. The Morgan fingerprint density at radius 2 is 2.25 bits per heavy atom. The number of benzene rings is 1. The number of carbonyl (C=O) groups excluding carboxylic acids is 1. The molecule has 1 saturated carbocycles. The summed E-state index contributed by atoms with van der Waals surface area (Å²) in [5.41, 5.74) is 1.04. The van der Waals surface area contributed by atoms with Gasteiger partial charge < -0.3 is 5.32 Å². The van der Waals surface area contributed by atoms with Crippen LogP contribution in [0, 0.1) is 24.6 Å². The molecule has 1 aromatic rings. The number of hydrogen-bond donors (Lipinski definition) is 1. The Morgan fingerprint density at radius 3 is 2.81 bits per heavy atom. The molecule has 1 aliphatic carbocycles. The summed E-state index contributed by atoms with van der Waals surface area (Å²) in [4.78, 5) is 11.7. The zero-order valence-corrected chi connectivity index (χ0v) is 9.59. The maximum Gasteiger partial charge on any atom is 0.251 e. The van der Waals surface area contributed by atoms with Gasteiger partial charge in [0.25, 0.3) is 5.91 Å². The van der Waals surface area contributed by atoms with E-state index in [1.54, 1.807) is 13.0 Å². The summed E-state index contributed by atoms with van der Waals surface area (Å²) < 4.78 is 13.0. The van der Waals surface area contributed by atoms with Crippen LogP contribution in [0.2, 0.25) is 0 Å². The lowest BCUT2D eigenvalue weighted by molar-refractivity contribution is 0.0951. The van der Waals surface area contributed by atoms with E-state index in [2.05, 4.69) is 12.2 Å². The van der Waals surface area contributed by atoms with Gasteiger partial charge >= 0.3 is 0 Å². The highest BCUT2D eigenvalue weighted by atomic mass is 19.1. The third-order valence-corrected chi connectivity index (χ3v) is 3.22. The van der Waals surface area contributed by atoms with Crippen LogP contribution in [0.15, 0.2) is 18.2 Å². The number of aryl methyl sites for hydroxylation is 1. The predicted molar refractivity (Wildman–Crippen MR) is 60.7 cm³/mol. The van der Waals surface area contributed by atoms with Gasteiger partial charge in [0.15, 0.2) is 0 Å². The Morgan fingerprint density at radius 1 is 1.56 bits per heavy atom. The molecule has 1 aliphatic rings. The van der Waals surface area contributed by atoms with E-state index in [4.69, 9.17) is 0 Å². The van der Waals surface area contributed by atoms with Crippen molar-refractivity contribution in [3.63, 3.8) is 0 Å². The molecule has 16 heavy (non-hydrogen) atoms. The molecule has 1 aromatic carbocycles. The average Bonchev–Trinajstić information content (AvgIpc) is 2.95. The quantitative estimate of drug-likeness (QED) is 0.834. The minimum atomic E-state index is -0.271. The molecule has 3 heteroatoms. The van der Waals surface area contributed by atoms with E-state index in [1.165, 1.54) is 18.6 Å². The van der Waals surface area contributed by atoms with E-state index >= 15 is 0 Å². The van der Waals surface area contributed by atoms with Gasteiger partial charge in [0, 0.05) is 12.1 Å². The van der Waals surface area contributed by atoms with Crippen molar-refractivity contribution in [2.45, 2.75) is 20.3 Å². The van der Waals surface area contributed by atoms with Crippen molar-refractivity contribution >= 4 is 5.91 Å². The second kappa shape index (κ2) is 4.24. The van der Waals surface area contributed by atoms with Crippen molar-refractivity contribution in [1.29, 1.82) is 0 Å². The molecule has 2 unspecified atom stereocenters. The number of rotatable bonds is 3. The van der Waals surface area contributed by atoms with E-state index in [0.717, 1.165) is 12.5 Å². The minimum absolute atomic E-state index is 0.109. The van der Waals surface area contributed by atoms with E-state index in [1.807, 2.05) is 0 Å². The molecule has 0 aromatic heterocycles. The maximum atomic E-state index is 13.0. The highest BCUT2D eigenvalue weighted by Gasteiger charge is 2.32. The first-order valence-corrected chi connectivity index (χ1v) is 5.62. The van der Waals surface area contributed by atoms with Crippen molar-refractivity contribution < 1.29 is 9.18 Å². The maximum absolute atomic E-state index is 13.0. The lowest BCUT2D eigenvalue weighted by Crippen LogP contribution is -2.26. The number of amides is 1. The third kappa shape index (κ3) is 2.40. The van der Waals surface area contributed by atoms with Crippen LogP contribution in [0.4, 0.5) is 4.39 Å². The predicted octanol–water partition coefficient (Wildman–Crippen LogP) is 2.52. The first kappa shape index (κ1) is 11.1. The Balaban J connectivity index is 1.95. The van der Waals surface area contributed by atoms with Gasteiger partial charge in [-0.1, -0.05) is 6.92 Å². The minimum Gasteiger partial charge on any atom is -0.352 e. The smallest absolute Gasteiger partial charge is 0.251 e. The average molecular weight is 221 g/mol. The van der Waals surface area contributed by atoms with Crippen LogP contribution in [-0.2, 0) is 0 Å². The van der Waals surface area contributed by atoms with Crippen molar-refractivity contribution in [2.24, 2.45) is 11.8 Å². The van der Waals surface area contributed by atoms with Crippen LogP contribution in [0.1, 0.15) is 29.3 Å². The van der Waals surface area contributed by atoms with Gasteiger partial charge in [-0.3, -0.25) is 4.79 Å². The van der Waals surface area contributed by atoms with Gasteiger partial charge in [-0.15, -0.1) is 0 Å². The summed E-state index contributed by atoms with van der Waals surface area (Å²) in [6, 6.07) is 4.44. The highest BCUT2D eigenvalue weighted by Crippen LogP contribution is 2.36. The summed E-state index contributed by atoms with van der Waals surface area (Å²) in [5, 5.41) is 2.88. The zero-order valence-electron chi connectivity index (χ0n) is 9.59. The summed E-state index contributed by atoms with van der Waals surface area (Å²) in [5.74, 6) is 0.982. The molecule has 2 nitrogen and oxygen atoms in total. The number of halogens is 1. The molecular formula is C13H16FNO. The highest BCUT2D eigenvalue weighted by molar-refractivity contribution is 5.94. The summed E-state index contributed by atoms with van der Waals surface area (Å²) >= 11 is 0. The third-order valence-electron chi connectivity index (χ3n) is 3.22. The first-order chi connectivity index (χ1) is 7.58. The van der Waals surface area contributed by atoms with E-state index < -0.39 is 0 Å². The van der Waals surface area contributed by atoms with Gasteiger partial charge in [-0.25, -0.2) is 4.39 Å². The van der Waals surface area contributed by atoms with Crippen LogP contribution in [0.5, 0.6) is 0 Å². The van der Waals surface area contributed by atoms with Crippen LogP contribution in [-0.4, -0.2) is 12.5 Å². The number of carbonyl (C=O) groups is 1. The molecule has 1 amide bonds. The van der Waals surface area contributed by atoms with Crippen molar-refractivity contribution in [1.82, 2.24) is 5.32 Å². The lowest BCUT2D eigenvalue weighted by Gasteiger charge is -2.05. The summed E-state index contributed by atoms with van der Waals surface area (Å²) in [6.07, 6.45) is 1.20. The van der Waals surface area contributed by atoms with Crippen molar-refractivity contribution in [3.05, 3.63) is 35.1 Å². The molecule has 1 fully saturated rings. The lowest BCUT2D eigenvalue weighted by atomic mass is 10.1. The van der Waals surface area contributed by atoms with Gasteiger partial charge in [0.05, 0.1) is 0 Å². The summed E-state index contributed by atoms with van der Waals surface area (Å²) in [7, 11) is 0. The topological polar surface area (TPSA) is 29.1 Å². The van der Waals surface area contributed by atoms with Crippen molar-refractivity contribution in [3.8, 4) is 0 Å². The fourth-order valence-electron chi connectivity index (χ4n) is 1.80. The molecule has 0 bridgehead atoms. The Hall–Kier alpha value is -1.38.